The fourth-order valence-corrected chi connectivity index (χ4v) is 2.27. The standard InChI is InChI=1S/C15H20N2O3/c1-4-20-12-7-5-6-11(10-12)17-9-8-13(18)16-15(2,3)14(17)19/h5-7,10H,4,8-9H2,1-3H3,(H,16,18). The summed E-state index contributed by atoms with van der Waals surface area (Å²) in [4.78, 5) is 25.9. The molecule has 1 aromatic rings. The third-order valence-electron chi connectivity index (χ3n) is 3.23. The number of nitrogens with one attached hydrogen (secondary N) is 1. The molecule has 1 saturated heterocycles. The molecule has 20 heavy (non-hydrogen) atoms. The molecule has 0 saturated carbocycles. The second-order valence-corrected chi connectivity index (χ2v) is 5.31. The zero-order valence-corrected chi connectivity index (χ0v) is 12.1. The van der Waals surface area contributed by atoms with Crippen LogP contribution in [0.5, 0.6) is 5.75 Å². The van der Waals surface area contributed by atoms with Gasteiger partial charge in [0.2, 0.25) is 5.91 Å². The van der Waals surface area contributed by atoms with Gasteiger partial charge in [0.25, 0.3) is 5.91 Å². The zero-order chi connectivity index (χ0) is 14.8. The molecule has 0 radical (unpaired) electrons. The molecule has 0 bridgehead atoms. The Balaban J connectivity index is 2.32. The Hall–Kier alpha value is -2.04. The Labute approximate surface area is 118 Å². The van der Waals surface area contributed by atoms with Gasteiger partial charge in [-0.25, -0.2) is 0 Å². The number of carbonyl (C=O) groups excluding carboxylic acids is 2. The van der Waals surface area contributed by atoms with E-state index in [1.165, 1.54) is 0 Å². The number of hydrogen-bond donors (Lipinski definition) is 1. The number of carbonyl (C=O) groups is 2. The maximum absolute atomic E-state index is 12.6. The highest BCUT2D eigenvalue weighted by molar-refractivity contribution is 6.03. The van der Waals surface area contributed by atoms with Crippen molar-refractivity contribution in [3.05, 3.63) is 24.3 Å². The number of amides is 2. The van der Waals surface area contributed by atoms with Crippen LogP contribution < -0.4 is 15.0 Å². The van der Waals surface area contributed by atoms with Crippen LogP contribution in [-0.2, 0) is 9.59 Å². The maximum atomic E-state index is 12.6. The van der Waals surface area contributed by atoms with E-state index in [1.54, 1.807) is 18.7 Å². The molecule has 0 aliphatic carbocycles. The van der Waals surface area contributed by atoms with Gasteiger partial charge in [0, 0.05) is 24.7 Å². The van der Waals surface area contributed by atoms with Crippen molar-refractivity contribution < 1.29 is 14.3 Å². The molecule has 5 heteroatoms. The van der Waals surface area contributed by atoms with Gasteiger partial charge in [-0.3, -0.25) is 9.59 Å². The van der Waals surface area contributed by atoms with E-state index in [0.29, 0.717) is 19.6 Å². The van der Waals surface area contributed by atoms with Crippen LogP contribution in [0.2, 0.25) is 0 Å². The number of anilines is 1. The van der Waals surface area contributed by atoms with Gasteiger partial charge in [0.05, 0.1) is 6.61 Å². The van der Waals surface area contributed by atoms with Crippen molar-refractivity contribution in [1.82, 2.24) is 5.32 Å². The van der Waals surface area contributed by atoms with Crippen LogP contribution >= 0.6 is 0 Å². The summed E-state index contributed by atoms with van der Waals surface area (Å²) in [5.41, 5.74) is -0.139. The molecular formula is C15H20N2O3. The molecule has 1 aliphatic rings. The monoisotopic (exact) mass is 276 g/mol. The lowest BCUT2D eigenvalue weighted by atomic mass is 10.0. The number of benzene rings is 1. The summed E-state index contributed by atoms with van der Waals surface area (Å²) in [6, 6.07) is 7.38. The molecular weight excluding hydrogens is 256 g/mol. The van der Waals surface area contributed by atoms with Crippen molar-refractivity contribution in [2.24, 2.45) is 0 Å². The minimum absolute atomic E-state index is 0.105. The number of hydrogen-bond acceptors (Lipinski definition) is 3. The van der Waals surface area contributed by atoms with Crippen molar-refractivity contribution in [2.45, 2.75) is 32.7 Å². The van der Waals surface area contributed by atoms with Crippen LogP contribution in [0.1, 0.15) is 27.2 Å². The molecule has 0 aromatic heterocycles. The van der Waals surface area contributed by atoms with Gasteiger partial charge < -0.3 is 15.0 Å². The van der Waals surface area contributed by atoms with Gasteiger partial charge in [-0.1, -0.05) is 6.07 Å². The Morgan fingerprint density at radius 2 is 2.10 bits per heavy atom. The van der Waals surface area contributed by atoms with Gasteiger partial charge in [0.15, 0.2) is 0 Å². The largest absolute Gasteiger partial charge is 0.494 e. The zero-order valence-electron chi connectivity index (χ0n) is 12.1. The summed E-state index contributed by atoms with van der Waals surface area (Å²) in [6.07, 6.45) is 0.300. The molecule has 1 N–H and O–H groups in total. The minimum Gasteiger partial charge on any atom is -0.494 e. The number of rotatable bonds is 3. The normalized spacial score (nSPS) is 18.4. The molecule has 1 aliphatic heterocycles. The van der Waals surface area contributed by atoms with E-state index >= 15 is 0 Å². The van der Waals surface area contributed by atoms with Crippen molar-refractivity contribution in [1.29, 1.82) is 0 Å². The predicted molar refractivity (Wildman–Crippen MR) is 76.8 cm³/mol. The summed E-state index contributed by atoms with van der Waals surface area (Å²) in [6.45, 7) is 6.30. The Bertz CT molecular complexity index is 526. The van der Waals surface area contributed by atoms with Gasteiger partial charge in [-0.2, -0.15) is 0 Å². The van der Waals surface area contributed by atoms with Crippen LogP contribution in [0.3, 0.4) is 0 Å². The van der Waals surface area contributed by atoms with Crippen LogP contribution in [0.15, 0.2) is 24.3 Å². The van der Waals surface area contributed by atoms with Gasteiger partial charge >= 0.3 is 0 Å². The highest BCUT2D eigenvalue weighted by Gasteiger charge is 2.37. The molecule has 1 aromatic carbocycles. The molecule has 0 unspecified atom stereocenters. The van der Waals surface area contributed by atoms with Gasteiger partial charge in [-0.05, 0) is 32.9 Å². The number of ether oxygens (including phenoxy) is 1. The molecule has 1 heterocycles. The van der Waals surface area contributed by atoms with Gasteiger partial charge in [0.1, 0.15) is 11.3 Å². The van der Waals surface area contributed by atoms with Crippen molar-refractivity contribution in [3.63, 3.8) is 0 Å². The smallest absolute Gasteiger partial charge is 0.252 e. The van der Waals surface area contributed by atoms with E-state index < -0.39 is 5.54 Å². The second-order valence-electron chi connectivity index (χ2n) is 5.31. The molecule has 108 valence electrons. The summed E-state index contributed by atoms with van der Waals surface area (Å²) < 4.78 is 5.46. The predicted octanol–water partition coefficient (Wildman–Crippen LogP) is 1.72. The Morgan fingerprint density at radius 1 is 1.35 bits per heavy atom. The molecule has 0 atom stereocenters. The lowest BCUT2D eigenvalue weighted by molar-refractivity contribution is -0.128. The SMILES string of the molecule is CCOc1cccc(N2CCC(=O)NC(C)(C)C2=O)c1. The van der Waals surface area contributed by atoms with Gasteiger partial charge in [-0.15, -0.1) is 0 Å². The first-order valence-electron chi connectivity index (χ1n) is 6.80. The molecule has 2 amide bonds. The van der Waals surface area contributed by atoms with Crippen molar-refractivity contribution >= 4 is 17.5 Å². The van der Waals surface area contributed by atoms with E-state index in [0.717, 1.165) is 11.4 Å². The number of nitrogens with zero attached hydrogens (tertiary/aromatic N) is 1. The lowest BCUT2D eigenvalue weighted by Gasteiger charge is -2.29. The second kappa shape index (κ2) is 5.53. The average molecular weight is 276 g/mol. The van der Waals surface area contributed by atoms with E-state index in [1.807, 2.05) is 31.2 Å². The van der Waals surface area contributed by atoms with Crippen LogP contribution in [0, 0.1) is 0 Å². The summed E-state index contributed by atoms with van der Waals surface area (Å²) in [5.74, 6) is 0.503. The quantitative estimate of drug-likeness (QED) is 0.914. The summed E-state index contributed by atoms with van der Waals surface area (Å²) in [7, 11) is 0. The highest BCUT2D eigenvalue weighted by Crippen LogP contribution is 2.25. The van der Waals surface area contributed by atoms with E-state index in [2.05, 4.69) is 5.32 Å². The fraction of sp³-hybridized carbons (Fsp3) is 0.467. The Morgan fingerprint density at radius 3 is 2.80 bits per heavy atom. The van der Waals surface area contributed by atoms with Crippen LogP contribution in [0.4, 0.5) is 5.69 Å². The van der Waals surface area contributed by atoms with E-state index in [4.69, 9.17) is 4.74 Å². The molecule has 5 nitrogen and oxygen atoms in total. The lowest BCUT2D eigenvalue weighted by Crippen LogP contribution is -2.53. The first kappa shape index (κ1) is 14.4. The summed E-state index contributed by atoms with van der Waals surface area (Å²) >= 11 is 0. The average Bonchev–Trinajstić information content (AvgIpc) is 2.48. The van der Waals surface area contributed by atoms with E-state index in [-0.39, 0.29) is 11.8 Å². The third-order valence-corrected chi connectivity index (χ3v) is 3.23. The fourth-order valence-electron chi connectivity index (χ4n) is 2.27. The van der Waals surface area contributed by atoms with Crippen LogP contribution in [-0.4, -0.2) is 30.5 Å². The first-order chi connectivity index (χ1) is 9.44. The topological polar surface area (TPSA) is 58.6 Å². The first-order valence-corrected chi connectivity index (χ1v) is 6.80. The highest BCUT2D eigenvalue weighted by atomic mass is 16.5. The van der Waals surface area contributed by atoms with Crippen LogP contribution in [0.25, 0.3) is 0 Å². The van der Waals surface area contributed by atoms with Crippen molar-refractivity contribution in [2.75, 3.05) is 18.1 Å². The molecule has 2 rings (SSSR count). The van der Waals surface area contributed by atoms with E-state index in [9.17, 15) is 9.59 Å². The molecule has 0 spiro atoms. The minimum atomic E-state index is -0.894. The Kier molecular flexibility index (Phi) is 3.97. The molecule has 1 fully saturated rings. The third kappa shape index (κ3) is 2.92. The summed E-state index contributed by atoms with van der Waals surface area (Å²) in [5, 5.41) is 2.75. The maximum Gasteiger partial charge on any atom is 0.252 e. The van der Waals surface area contributed by atoms with Crippen molar-refractivity contribution in [3.8, 4) is 5.75 Å².